The van der Waals surface area contributed by atoms with Gasteiger partial charge in [0, 0.05) is 27.4 Å². The van der Waals surface area contributed by atoms with Gasteiger partial charge in [-0.15, -0.1) is 22.7 Å². The molecule has 0 unspecified atom stereocenters. The van der Waals surface area contributed by atoms with E-state index in [0.717, 1.165) is 53.2 Å². The van der Waals surface area contributed by atoms with Gasteiger partial charge in [0.05, 0.1) is 10.2 Å². The summed E-state index contributed by atoms with van der Waals surface area (Å²) in [4.78, 5) is 19.5. The molecule has 3 aromatic rings. The van der Waals surface area contributed by atoms with Gasteiger partial charge in [0.2, 0.25) is 5.91 Å². The zero-order chi connectivity index (χ0) is 21.8. The Balaban J connectivity index is 1.63. The standard InChI is InChI=1S/C25H31N3OS2/c1-24(2)14-16-19(22-26-17-12-8-9-13-18(17)30-22)23(31-20(16)25(3,4)28-24)27-21(29)15-10-6-5-7-11-15/h8-9,12-13,15,28H,5-7,10-11,14H2,1-4H3,(H,27,29). The SMILES string of the molecule is CC1(C)Cc2c(sc(NC(=O)C3CCCCC3)c2-c2nc3ccccc3s2)C(C)(C)N1. The van der Waals surface area contributed by atoms with Gasteiger partial charge in [0.25, 0.3) is 0 Å². The summed E-state index contributed by atoms with van der Waals surface area (Å²) in [6.45, 7) is 9.02. The summed E-state index contributed by atoms with van der Waals surface area (Å²) in [6, 6.07) is 8.31. The van der Waals surface area contributed by atoms with E-state index in [4.69, 9.17) is 4.98 Å². The first kappa shape index (κ1) is 21.1. The summed E-state index contributed by atoms with van der Waals surface area (Å²) < 4.78 is 1.19. The zero-order valence-corrected chi connectivity index (χ0v) is 20.4. The van der Waals surface area contributed by atoms with Crippen LogP contribution in [-0.4, -0.2) is 16.4 Å². The summed E-state index contributed by atoms with van der Waals surface area (Å²) >= 11 is 3.47. The zero-order valence-electron chi connectivity index (χ0n) is 18.8. The molecular weight excluding hydrogens is 422 g/mol. The number of para-hydroxylation sites is 1. The predicted molar refractivity (Wildman–Crippen MR) is 132 cm³/mol. The molecule has 4 nitrogen and oxygen atoms in total. The van der Waals surface area contributed by atoms with E-state index in [1.54, 1.807) is 22.7 Å². The molecule has 1 amide bonds. The fourth-order valence-corrected chi connectivity index (χ4v) is 7.79. The minimum absolute atomic E-state index is 0.0202. The van der Waals surface area contributed by atoms with Gasteiger partial charge in [0.15, 0.2) is 0 Å². The molecule has 1 fully saturated rings. The number of anilines is 1. The lowest BCUT2D eigenvalue weighted by molar-refractivity contribution is -0.120. The van der Waals surface area contributed by atoms with E-state index in [1.165, 1.54) is 21.6 Å². The number of nitrogens with zero attached hydrogens (tertiary/aromatic N) is 1. The first-order valence-electron chi connectivity index (χ1n) is 11.4. The molecule has 0 bridgehead atoms. The number of carbonyl (C=O) groups excluding carboxylic acids is 1. The molecule has 2 aliphatic rings. The Kier molecular flexibility index (Phi) is 5.23. The number of thiophene rings is 1. The quantitative estimate of drug-likeness (QED) is 0.464. The fourth-order valence-electron chi connectivity index (χ4n) is 5.40. The van der Waals surface area contributed by atoms with Crippen LogP contribution < -0.4 is 10.6 Å². The number of amides is 1. The summed E-state index contributed by atoms with van der Waals surface area (Å²) in [6.07, 6.45) is 6.51. The number of benzene rings is 1. The molecule has 164 valence electrons. The number of carbonyl (C=O) groups is 1. The minimum Gasteiger partial charge on any atom is -0.317 e. The van der Waals surface area contributed by atoms with Crippen molar-refractivity contribution in [3.8, 4) is 10.6 Å². The highest BCUT2D eigenvalue weighted by atomic mass is 32.1. The summed E-state index contributed by atoms with van der Waals surface area (Å²) in [5.74, 6) is 0.323. The Morgan fingerprint density at radius 3 is 2.58 bits per heavy atom. The topological polar surface area (TPSA) is 54.0 Å². The highest BCUT2D eigenvalue weighted by Crippen LogP contribution is 2.50. The first-order chi connectivity index (χ1) is 14.7. The molecule has 6 heteroatoms. The van der Waals surface area contributed by atoms with Crippen LogP contribution in [0.15, 0.2) is 24.3 Å². The number of fused-ring (bicyclic) bond motifs is 2. The van der Waals surface area contributed by atoms with Crippen LogP contribution in [0.25, 0.3) is 20.8 Å². The van der Waals surface area contributed by atoms with Gasteiger partial charge in [0.1, 0.15) is 10.0 Å². The highest BCUT2D eigenvalue weighted by molar-refractivity contribution is 7.23. The smallest absolute Gasteiger partial charge is 0.228 e. The van der Waals surface area contributed by atoms with Crippen LogP contribution in [0.3, 0.4) is 0 Å². The van der Waals surface area contributed by atoms with Gasteiger partial charge in [-0.3, -0.25) is 4.79 Å². The molecule has 1 aromatic carbocycles. The second-order valence-electron chi connectivity index (χ2n) is 10.2. The van der Waals surface area contributed by atoms with Crippen molar-refractivity contribution in [2.24, 2.45) is 5.92 Å². The number of aromatic nitrogens is 1. The Morgan fingerprint density at radius 2 is 1.84 bits per heavy atom. The van der Waals surface area contributed by atoms with E-state index in [9.17, 15) is 4.79 Å². The van der Waals surface area contributed by atoms with Crippen molar-refractivity contribution >= 4 is 43.8 Å². The third-order valence-electron chi connectivity index (χ3n) is 6.56. The minimum atomic E-state index is -0.152. The average Bonchev–Trinajstić information content (AvgIpc) is 3.28. The molecule has 3 heterocycles. The lowest BCUT2D eigenvalue weighted by Gasteiger charge is -2.42. The van der Waals surface area contributed by atoms with Gasteiger partial charge in [-0.05, 0) is 64.7 Å². The number of rotatable bonds is 3. The molecule has 0 saturated heterocycles. The Bertz CT molecular complexity index is 1100. The Labute approximate surface area is 192 Å². The average molecular weight is 454 g/mol. The Hall–Kier alpha value is -1.76. The van der Waals surface area contributed by atoms with Crippen molar-refractivity contribution in [1.82, 2.24) is 10.3 Å². The van der Waals surface area contributed by atoms with E-state index in [0.29, 0.717) is 0 Å². The molecule has 0 atom stereocenters. The summed E-state index contributed by atoms with van der Waals surface area (Å²) in [5.41, 5.74) is 3.35. The largest absolute Gasteiger partial charge is 0.317 e. The molecule has 0 spiro atoms. The van der Waals surface area contributed by atoms with Crippen molar-refractivity contribution in [3.05, 3.63) is 34.7 Å². The van der Waals surface area contributed by atoms with E-state index in [1.807, 2.05) is 6.07 Å². The molecule has 2 aromatic heterocycles. The summed E-state index contributed by atoms with van der Waals surface area (Å²) in [5, 5.41) is 9.17. The molecular formula is C25H31N3OS2. The molecule has 31 heavy (non-hydrogen) atoms. The second kappa shape index (κ2) is 7.68. The third-order valence-corrected chi connectivity index (χ3v) is 9.09. The fraction of sp³-hybridized carbons (Fsp3) is 0.520. The maximum absolute atomic E-state index is 13.2. The number of hydrogen-bond donors (Lipinski definition) is 2. The molecule has 1 saturated carbocycles. The maximum atomic E-state index is 13.2. The van der Waals surface area contributed by atoms with E-state index in [2.05, 4.69) is 56.5 Å². The van der Waals surface area contributed by atoms with Crippen molar-refractivity contribution in [1.29, 1.82) is 0 Å². The molecule has 1 aliphatic heterocycles. The van der Waals surface area contributed by atoms with Gasteiger partial charge in [-0.2, -0.15) is 0 Å². The molecule has 2 N–H and O–H groups in total. The van der Waals surface area contributed by atoms with Crippen LogP contribution in [0.5, 0.6) is 0 Å². The number of nitrogens with one attached hydrogen (secondary N) is 2. The van der Waals surface area contributed by atoms with E-state index >= 15 is 0 Å². The second-order valence-corrected chi connectivity index (χ2v) is 12.3. The van der Waals surface area contributed by atoms with Crippen LogP contribution >= 0.6 is 22.7 Å². The summed E-state index contributed by atoms with van der Waals surface area (Å²) in [7, 11) is 0. The Morgan fingerprint density at radius 1 is 1.10 bits per heavy atom. The van der Waals surface area contributed by atoms with Crippen molar-refractivity contribution in [2.45, 2.75) is 77.3 Å². The normalized spacial score (nSPS) is 20.5. The van der Waals surface area contributed by atoms with Crippen molar-refractivity contribution in [2.75, 3.05) is 5.32 Å². The monoisotopic (exact) mass is 453 g/mol. The van der Waals surface area contributed by atoms with Crippen LogP contribution in [0, 0.1) is 5.92 Å². The number of hydrogen-bond acceptors (Lipinski definition) is 5. The first-order valence-corrected chi connectivity index (χ1v) is 13.0. The van der Waals surface area contributed by atoms with Gasteiger partial charge < -0.3 is 10.6 Å². The van der Waals surface area contributed by atoms with Crippen molar-refractivity contribution < 1.29 is 4.79 Å². The highest BCUT2D eigenvalue weighted by Gasteiger charge is 2.41. The van der Waals surface area contributed by atoms with Gasteiger partial charge >= 0.3 is 0 Å². The van der Waals surface area contributed by atoms with Gasteiger partial charge in [-0.25, -0.2) is 4.98 Å². The van der Waals surface area contributed by atoms with Crippen LogP contribution in [0.2, 0.25) is 0 Å². The number of thiazole rings is 1. The maximum Gasteiger partial charge on any atom is 0.228 e. The lowest BCUT2D eigenvalue weighted by atomic mass is 9.81. The van der Waals surface area contributed by atoms with E-state index < -0.39 is 0 Å². The van der Waals surface area contributed by atoms with Crippen LogP contribution in [-0.2, 0) is 16.8 Å². The van der Waals surface area contributed by atoms with Gasteiger partial charge in [-0.1, -0.05) is 31.4 Å². The lowest BCUT2D eigenvalue weighted by Crippen LogP contribution is -2.54. The molecule has 1 aliphatic carbocycles. The predicted octanol–water partition coefficient (Wildman–Crippen LogP) is 6.70. The molecule has 0 radical (unpaired) electrons. The van der Waals surface area contributed by atoms with Crippen LogP contribution in [0.4, 0.5) is 5.00 Å². The van der Waals surface area contributed by atoms with E-state index in [-0.39, 0.29) is 22.9 Å². The van der Waals surface area contributed by atoms with Crippen LogP contribution in [0.1, 0.15) is 70.2 Å². The molecule has 5 rings (SSSR count). The third kappa shape index (κ3) is 3.94. The van der Waals surface area contributed by atoms with Crippen molar-refractivity contribution in [3.63, 3.8) is 0 Å².